The molecule has 0 spiro atoms. The van der Waals surface area contributed by atoms with E-state index in [9.17, 15) is 13.2 Å². The molecule has 0 amide bonds. The first-order chi connectivity index (χ1) is 7.31. The molecule has 5 nitrogen and oxygen atoms in total. The number of carbonyl (C=O) groups is 1. The molecular formula is C9H10ClNO4S. The standard InChI is InChI=1S/C9H10ClNO4S/c1-16(14,15)11-8(9(12)13)6-4-2-3-5-7(6)10/h2-5,8,11H,1H3,(H,12,13)/t8-/m1/s1. The minimum Gasteiger partial charge on any atom is -0.480 e. The van der Waals surface area contributed by atoms with Crippen molar-refractivity contribution < 1.29 is 18.3 Å². The highest BCUT2D eigenvalue weighted by atomic mass is 35.5. The number of aliphatic carboxylic acids is 1. The lowest BCUT2D eigenvalue weighted by Crippen LogP contribution is -2.33. The number of carboxylic acid groups (broad SMARTS) is 1. The van der Waals surface area contributed by atoms with Gasteiger partial charge in [-0.25, -0.2) is 8.42 Å². The van der Waals surface area contributed by atoms with Gasteiger partial charge in [-0.2, -0.15) is 4.72 Å². The van der Waals surface area contributed by atoms with Crippen molar-refractivity contribution in [1.29, 1.82) is 0 Å². The fourth-order valence-electron chi connectivity index (χ4n) is 1.17. The number of rotatable bonds is 4. The van der Waals surface area contributed by atoms with Crippen molar-refractivity contribution >= 4 is 27.6 Å². The molecule has 0 aromatic heterocycles. The summed E-state index contributed by atoms with van der Waals surface area (Å²) < 4.78 is 24.0. The van der Waals surface area contributed by atoms with Gasteiger partial charge in [0.2, 0.25) is 10.0 Å². The molecule has 0 aliphatic carbocycles. The second-order valence-electron chi connectivity index (χ2n) is 3.18. The van der Waals surface area contributed by atoms with Crippen LogP contribution in [0.1, 0.15) is 11.6 Å². The summed E-state index contributed by atoms with van der Waals surface area (Å²) in [5.74, 6) is -1.31. The van der Waals surface area contributed by atoms with E-state index in [1.807, 2.05) is 4.72 Å². The van der Waals surface area contributed by atoms with Crippen molar-refractivity contribution in [2.75, 3.05) is 6.26 Å². The number of nitrogens with one attached hydrogen (secondary N) is 1. The quantitative estimate of drug-likeness (QED) is 0.849. The summed E-state index contributed by atoms with van der Waals surface area (Å²) in [5.41, 5.74) is 0.210. The molecule has 88 valence electrons. The topological polar surface area (TPSA) is 83.5 Å². The number of halogens is 1. The Morgan fingerprint density at radius 2 is 2.00 bits per heavy atom. The third-order valence-electron chi connectivity index (χ3n) is 1.80. The SMILES string of the molecule is CS(=O)(=O)N[C@@H](C(=O)O)c1ccccc1Cl. The van der Waals surface area contributed by atoms with E-state index in [0.29, 0.717) is 0 Å². The molecule has 0 heterocycles. The Labute approximate surface area is 98.1 Å². The normalized spacial score (nSPS) is 13.4. The van der Waals surface area contributed by atoms with Crippen LogP contribution < -0.4 is 4.72 Å². The zero-order chi connectivity index (χ0) is 12.3. The van der Waals surface area contributed by atoms with Crippen molar-refractivity contribution in [1.82, 2.24) is 4.72 Å². The van der Waals surface area contributed by atoms with Crippen molar-refractivity contribution in [3.8, 4) is 0 Å². The summed E-state index contributed by atoms with van der Waals surface area (Å²) >= 11 is 5.79. The Kier molecular flexibility index (Phi) is 3.90. The second kappa shape index (κ2) is 4.82. The van der Waals surface area contributed by atoms with E-state index in [-0.39, 0.29) is 10.6 Å². The van der Waals surface area contributed by atoms with Gasteiger partial charge in [0.15, 0.2) is 0 Å². The molecule has 0 unspecified atom stereocenters. The molecule has 1 aromatic rings. The van der Waals surface area contributed by atoms with Crippen LogP contribution in [0.2, 0.25) is 5.02 Å². The van der Waals surface area contributed by atoms with Crippen LogP contribution in [0.3, 0.4) is 0 Å². The Morgan fingerprint density at radius 1 is 1.44 bits per heavy atom. The number of sulfonamides is 1. The van der Waals surface area contributed by atoms with E-state index in [0.717, 1.165) is 6.26 Å². The van der Waals surface area contributed by atoms with Crippen molar-refractivity contribution in [2.45, 2.75) is 6.04 Å². The van der Waals surface area contributed by atoms with Gasteiger partial charge in [0.05, 0.1) is 6.26 Å². The van der Waals surface area contributed by atoms with Crippen LogP contribution in [-0.2, 0) is 14.8 Å². The first-order valence-corrected chi connectivity index (χ1v) is 6.53. The van der Waals surface area contributed by atoms with Crippen LogP contribution in [0.25, 0.3) is 0 Å². The molecule has 0 fully saturated rings. The first-order valence-electron chi connectivity index (χ1n) is 4.26. The molecule has 1 atom stereocenters. The van der Waals surface area contributed by atoms with Crippen LogP contribution in [-0.4, -0.2) is 25.7 Å². The van der Waals surface area contributed by atoms with Gasteiger partial charge in [-0.3, -0.25) is 4.79 Å². The van der Waals surface area contributed by atoms with Crippen molar-refractivity contribution in [3.63, 3.8) is 0 Å². The average Bonchev–Trinajstić information content (AvgIpc) is 2.13. The maximum atomic E-state index is 11.0. The lowest BCUT2D eigenvalue weighted by atomic mass is 10.1. The predicted octanol–water partition coefficient (Wildman–Crippen LogP) is 1.01. The van der Waals surface area contributed by atoms with Crippen LogP contribution in [0.5, 0.6) is 0 Å². The van der Waals surface area contributed by atoms with Crippen LogP contribution in [0.4, 0.5) is 0 Å². The molecule has 1 aromatic carbocycles. The lowest BCUT2D eigenvalue weighted by molar-refractivity contribution is -0.139. The van der Waals surface area contributed by atoms with Gasteiger partial charge in [-0.1, -0.05) is 29.8 Å². The van der Waals surface area contributed by atoms with Gasteiger partial charge in [0, 0.05) is 5.02 Å². The molecule has 0 radical (unpaired) electrons. The van der Waals surface area contributed by atoms with Crippen LogP contribution in [0, 0.1) is 0 Å². The summed E-state index contributed by atoms with van der Waals surface area (Å²) in [5, 5.41) is 9.13. The van der Waals surface area contributed by atoms with E-state index in [2.05, 4.69) is 0 Å². The predicted molar refractivity (Wildman–Crippen MR) is 59.8 cm³/mol. The fourth-order valence-corrected chi connectivity index (χ4v) is 2.07. The minimum atomic E-state index is -3.62. The highest BCUT2D eigenvalue weighted by Crippen LogP contribution is 2.23. The van der Waals surface area contributed by atoms with E-state index in [1.165, 1.54) is 12.1 Å². The van der Waals surface area contributed by atoms with E-state index in [4.69, 9.17) is 16.7 Å². The van der Waals surface area contributed by atoms with Gasteiger partial charge >= 0.3 is 5.97 Å². The molecule has 7 heteroatoms. The number of carboxylic acids is 1. The molecular weight excluding hydrogens is 254 g/mol. The molecule has 16 heavy (non-hydrogen) atoms. The summed E-state index contributed by atoms with van der Waals surface area (Å²) in [6.45, 7) is 0. The summed E-state index contributed by atoms with van der Waals surface area (Å²) in [6, 6.07) is 4.80. The zero-order valence-electron chi connectivity index (χ0n) is 8.34. The highest BCUT2D eigenvalue weighted by molar-refractivity contribution is 7.88. The number of benzene rings is 1. The second-order valence-corrected chi connectivity index (χ2v) is 5.37. The van der Waals surface area contributed by atoms with Gasteiger partial charge in [-0.05, 0) is 11.6 Å². The molecule has 0 saturated carbocycles. The van der Waals surface area contributed by atoms with E-state index < -0.39 is 22.0 Å². The van der Waals surface area contributed by atoms with E-state index >= 15 is 0 Å². The largest absolute Gasteiger partial charge is 0.480 e. The highest BCUT2D eigenvalue weighted by Gasteiger charge is 2.25. The van der Waals surface area contributed by atoms with Crippen LogP contribution >= 0.6 is 11.6 Å². The Bertz CT molecular complexity index is 500. The summed E-state index contributed by atoms with van der Waals surface area (Å²) in [7, 11) is -3.62. The minimum absolute atomic E-state index is 0.200. The number of hydrogen-bond donors (Lipinski definition) is 2. The summed E-state index contributed by atoms with van der Waals surface area (Å²) in [4.78, 5) is 10.9. The van der Waals surface area contributed by atoms with Gasteiger partial charge in [0.1, 0.15) is 6.04 Å². The maximum absolute atomic E-state index is 11.0. The monoisotopic (exact) mass is 263 g/mol. The average molecular weight is 264 g/mol. The third-order valence-corrected chi connectivity index (χ3v) is 2.80. The van der Waals surface area contributed by atoms with Gasteiger partial charge in [0.25, 0.3) is 0 Å². The van der Waals surface area contributed by atoms with Gasteiger partial charge in [-0.15, -0.1) is 0 Å². The third kappa shape index (κ3) is 3.48. The smallest absolute Gasteiger partial charge is 0.326 e. The zero-order valence-corrected chi connectivity index (χ0v) is 9.92. The maximum Gasteiger partial charge on any atom is 0.326 e. The van der Waals surface area contributed by atoms with E-state index in [1.54, 1.807) is 12.1 Å². The summed E-state index contributed by atoms with van der Waals surface area (Å²) in [6.07, 6.45) is 0.889. The lowest BCUT2D eigenvalue weighted by Gasteiger charge is -2.14. The Balaban J connectivity index is 3.14. The number of hydrogen-bond acceptors (Lipinski definition) is 3. The van der Waals surface area contributed by atoms with Gasteiger partial charge < -0.3 is 5.11 Å². The molecule has 0 saturated heterocycles. The van der Waals surface area contributed by atoms with Crippen molar-refractivity contribution in [2.24, 2.45) is 0 Å². The Hall–Kier alpha value is -1.11. The fraction of sp³-hybridized carbons (Fsp3) is 0.222. The van der Waals surface area contributed by atoms with Crippen molar-refractivity contribution in [3.05, 3.63) is 34.9 Å². The Morgan fingerprint density at radius 3 is 2.44 bits per heavy atom. The molecule has 0 aliphatic heterocycles. The molecule has 2 N–H and O–H groups in total. The van der Waals surface area contributed by atoms with Crippen LogP contribution in [0.15, 0.2) is 24.3 Å². The molecule has 0 bridgehead atoms. The molecule has 1 rings (SSSR count). The molecule has 0 aliphatic rings. The first kappa shape index (κ1) is 13.0.